The summed E-state index contributed by atoms with van der Waals surface area (Å²) in [7, 11) is 3.77. The summed E-state index contributed by atoms with van der Waals surface area (Å²) in [5.74, 6) is 0. The molecule has 0 aromatic carbocycles. The van der Waals surface area contributed by atoms with Gasteiger partial charge in [-0.3, -0.25) is 4.98 Å². The van der Waals surface area contributed by atoms with Gasteiger partial charge in [0.1, 0.15) is 0 Å². The molecular weight excluding hydrogens is 282 g/mol. The molecule has 0 bridgehead atoms. The van der Waals surface area contributed by atoms with E-state index in [1.54, 1.807) is 4.68 Å². The van der Waals surface area contributed by atoms with Crippen LogP contribution in [0.3, 0.4) is 0 Å². The van der Waals surface area contributed by atoms with Crippen LogP contribution in [0, 0.1) is 6.92 Å². The van der Waals surface area contributed by atoms with Crippen molar-refractivity contribution in [2.75, 3.05) is 7.05 Å². The average Bonchev–Trinajstić information content (AvgIpc) is 2.62. The van der Waals surface area contributed by atoms with Crippen molar-refractivity contribution in [1.29, 1.82) is 0 Å². The molecular formula is C11H14BrN5. The quantitative estimate of drug-likeness (QED) is 0.934. The van der Waals surface area contributed by atoms with Crippen molar-refractivity contribution in [3.05, 3.63) is 39.9 Å². The molecule has 2 rings (SSSR count). The van der Waals surface area contributed by atoms with Crippen LogP contribution in [-0.2, 0) is 7.05 Å². The Balaban J connectivity index is 2.47. The molecule has 0 aliphatic carbocycles. The fourth-order valence-electron chi connectivity index (χ4n) is 1.79. The molecule has 0 spiro atoms. The highest BCUT2D eigenvalue weighted by Crippen LogP contribution is 2.25. The third-order valence-corrected chi connectivity index (χ3v) is 3.16. The van der Waals surface area contributed by atoms with E-state index in [1.165, 1.54) is 0 Å². The summed E-state index contributed by atoms with van der Waals surface area (Å²) < 4.78 is 2.48. The number of aromatic nitrogens is 4. The van der Waals surface area contributed by atoms with Crippen LogP contribution in [0.2, 0.25) is 0 Å². The molecule has 0 radical (unpaired) electrons. The maximum atomic E-state index is 4.53. The van der Waals surface area contributed by atoms with Gasteiger partial charge in [0.25, 0.3) is 0 Å². The second kappa shape index (κ2) is 4.93. The minimum absolute atomic E-state index is 0.0238. The smallest absolute Gasteiger partial charge is 0.153 e. The van der Waals surface area contributed by atoms with Crippen molar-refractivity contribution in [2.45, 2.75) is 13.0 Å². The minimum Gasteiger partial charge on any atom is -0.307 e. The lowest BCUT2D eigenvalue weighted by molar-refractivity contribution is 0.585. The molecule has 2 heterocycles. The van der Waals surface area contributed by atoms with E-state index in [0.717, 1.165) is 21.7 Å². The summed E-state index contributed by atoms with van der Waals surface area (Å²) in [4.78, 5) is 4.53. The predicted octanol–water partition coefficient (Wildman–Crippen LogP) is 1.59. The summed E-state index contributed by atoms with van der Waals surface area (Å²) in [6.07, 6.45) is 0. The van der Waals surface area contributed by atoms with Crippen molar-refractivity contribution in [3.63, 3.8) is 0 Å². The maximum Gasteiger partial charge on any atom is 0.153 e. The van der Waals surface area contributed by atoms with E-state index in [-0.39, 0.29) is 6.04 Å². The Morgan fingerprint density at radius 1 is 1.41 bits per heavy atom. The number of aryl methyl sites for hydroxylation is 2. The molecule has 2 aromatic rings. The van der Waals surface area contributed by atoms with Crippen LogP contribution in [-0.4, -0.2) is 27.0 Å². The zero-order valence-electron chi connectivity index (χ0n) is 9.98. The maximum absolute atomic E-state index is 4.53. The van der Waals surface area contributed by atoms with E-state index in [1.807, 2.05) is 39.2 Å². The number of hydrogen-bond acceptors (Lipinski definition) is 4. The summed E-state index contributed by atoms with van der Waals surface area (Å²) in [6.45, 7) is 1.98. The number of pyridine rings is 1. The standard InChI is InChI=1S/C11H14BrN5/c1-7-5-4-6-8(14-7)9(13-2)10-11(12)15-16-17(10)3/h4-6,9,13H,1-3H3. The Morgan fingerprint density at radius 3 is 2.71 bits per heavy atom. The van der Waals surface area contributed by atoms with Gasteiger partial charge in [-0.15, -0.1) is 5.10 Å². The van der Waals surface area contributed by atoms with Gasteiger partial charge in [0.2, 0.25) is 0 Å². The van der Waals surface area contributed by atoms with Gasteiger partial charge in [0.15, 0.2) is 4.60 Å². The molecule has 1 atom stereocenters. The summed E-state index contributed by atoms with van der Waals surface area (Å²) in [5.41, 5.74) is 2.92. The Bertz CT molecular complexity index is 503. The van der Waals surface area contributed by atoms with Crippen LogP contribution in [0.15, 0.2) is 22.8 Å². The van der Waals surface area contributed by atoms with E-state index in [9.17, 15) is 0 Å². The van der Waals surface area contributed by atoms with Gasteiger partial charge < -0.3 is 5.32 Å². The third kappa shape index (κ3) is 2.37. The van der Waals surface area contributed by atoms with Crippen LogP contribution in [0.1, 0.15) is 23.1 Å². The fourth-order valence-corrected chi connectivity index (χ4v) is 2.35. The van der Waals surface area contributed by atoms with Gasteiger partial charge in [-0.25, -0.2) is 4.68 Å². The van der Waals surface area contributed by atoms with Gasteiger partial charge in [-0.05, 0) is 42.0 Å². The monoisotopic (exact) mass is 295 g/mol. The molecule has 0 aliphatic heterocycles. The predicted molar refractivity (Wildman–Crippen MR) is 68.6 cm³/mol. The minimum atomic E-state index is -0.0238. The van der Waals surface area contributed by atoms with Gasteiger partial charge >= 0.3 is 0 Å². The molecule has 90 valence electrons. The molecule has 0 saturated carbocycles. The molecule has 0 saturated heterocycles. The Morgan fingerprint density at radius 2 is 2.18 bits per heavy atom. The first kappa shape index (κ1) is 12.2. The van der Waals surface area contributed by atoms with Crippen LogP contribution < -0.4 is 5.32 Å². The Labute approximate surface area is 108 Å². The topological polar surface area (TPSA) is 55.6 Å². The lowest BCUT2D eigenvalue weighted by Crippen LogP contribution is -2.22. The molecule has 6 heteroatoms. The van der Waals surface area contributed by atoms with Crippen molar-refractivity contribution >= 4 is 15.9 Å². The van der Waals surface area contributed by atoms with Crippen LogP contribution in [0.5, 0.6) is 0 Å². The Hall–Kier alpha value is -1.27. The average molecular weight is 296 g/mol. The highest BCUT2D eigenvalue weighted by atomic mass is 79.9. The van der Waals surface area contributed by atoms with Crippen molar-refractivity contribution in [2.24, 2.45) is 7.05 Å². The molecule has 0 amide bonds. The first-order chi connectivity index (χ1) is 8.13. The van der Waals surface area contributed by atoms with E-state index in [4.69, 9.17) is 0 Å². The SMILES string of the molecule is CNC(c1cccc(C)n1)c1c(Br)nnn1C. The molecule has 1 unspecified atom stereocenters. The van der Waals surface area contributed by atoms with Gasteiger partial charge in [0.05, 0.1) is 17.4 Å². The van der Waals surface area contributed by atoms with E-state index in [2.05, 4.69) is 36.5 Å². The molecule has 17 heavy (non-hydrogen) atoms. The summed E-state index contributed by atoms with van der Waals surface area (Å²) in [5, 5.41) is 11.2. The van der Waals surface area contributed by atoms with Crippen molar-refractivity contribution in [1.82, 2.24) is 25.3 Å². The van der Waals surface area contributed by atoms with Crippen molar-refractivity contribution < 1.29 is 0 Å². The zero-order valence-corrected chi connectivity index (χ0v) is 11.6. The van der Waals surface area contributed by atoms with Crippen molar-refractivity contribution in [3.8, 4) is 0 Å². The van der Waals surface area contributed by atoms with E-state index < -0.39 is 0 Å². The summed E-state index contributed by atoms with van der Waals surface area (Å²) in [6, 6.07) is 5.95. The first-order valence-corrected chi connectivity index (χ1v) is 6.08. The number of hydrogen-bond donors (Lipinski definition) is 1. The molecule has 5 nitrogen and oxygen atoms in total. The molecule has 1 N–H and O–H groups in total. The number of nitrogens with zero attached hydrogens (tertiary/aromatic N) is 4. The fraction of sp³-hybridized carbons (Fsp3) is 0.364. The molecule has 0 fully saturated rings. The number of rotatable bonds is 3. The third-order valence-electron chi connectivity index (χ3n) is 2.59. The summed E-state index contributed by atoms with van der Waals surface area (Å²) >= 11 is 3.41. The zero-order chi connectivity index (χ0) is 12.4. The van der Waals surface area contributed by atoms with E-state index in [0.29, 0.717) is 0 Å². The molecule has 0 aliphatic rings. The lowest BCUT2D eigenvalue weighted by Gasteiger charge is -2.16. The van der Waals surface area contributed by atoms with Crippen LogP contribution >= 0.6 is 15.9 Å². The number of nitrogens with one attached hydrogen (secondary N) is 1. The molecule has 2 aromatic heterocycles. The lowest BCUT2D eigenvalue weighted by atomic mass is 10.1. The van der Waals surface area contributed by atoms with Gasteiger partial charge in [-0.2, -0.15) is 0 Å². The van der Waals surface area contributed by atoms with Crippen LogP contribution in [0.25, 0.3) is 0 Å². The normalized spacial score (nSPS) is 12.7. The second-order valence-electron chi connectivity index (χ2n) is 3.81. The number of halogens is 1. The van der Waals surface area contributed by atoms with Gasteiger partial charge in [-0.1, -0.05) is 11.3 Å². The highest BCUT2D eigenvalue weighted by Gasteiger charge is 2.21. The Kier molecular flexibility index (Phi) is 3.54. The van der Waals surface area contributed by atoms with Crippen LogP contribution in [0.4, 0.5) is 0 Å². The van der Waals surface area contributed by atoms with E-state index >= 15 is 0 Å². The second-order valence-corrected chi connectivity index (χ2v) is 4.57. The first-order valence-electron chi connectivity index (χ1n) is 5.29. The van der Waals surface area contributed by atoms with Gasteiger partial charge in [0, 0.05) is 12.7 Å². The highest BCUT2D eigenvalue weighted by molar-refractivity contribution is 9.10. The largest absolute Gasteiger partial charge is 0.307 e.